The highest BCUT2D eigenvalue weighted by Gasteiger charge is 2.39. The van der Waals surface area contributed by atoms with E-state index in [1.807, 2.05) is 23.9 Å². The number of nitrogens with two attached hydrogens (primary N) is 1. The van der Waals surface area contributed by atoms with E-state index >= 15 is 0 Å². The van der Waals surface area contributed by atoms with Crippen LogP contribution in [0.3, 0.4) is 0 Å². The average molecular weight is 308 g/mol. The van der Waals surface area contributed by atoms with E-state index in [1.165, 1.54) is 36.1 Å². The molecule has 2 rings (SSSR count). The second-order valence-corrected chi connectivity index (χ2v) is 7.46. The fourth-order valence-electron chi connectivity index (χ4n) is 3.30. The van der Waals surface area contributed by atoms with Crippen LogP contribution in [0.1, 0.15) is 57.9 Å². The Kier molecular flexibility index (Phi) is 6.00. The molecule has 1 aromatic rings. The van der Waals surface area contributed by atoms with Crippen molar-refractivity contribution >= 4 is 17.4 Å². The van der Waals surface area contributed by atoms with Gasteiger partial charge in [-0.2, -0.15) is 0 Å². The molecule has 1 aliphatic heterocycles. The number of anilines is 1. The summed E-state index contributed by atoms with van der Waals surface area (Å²) in [6, 6.07) is 6.14. The molecule has 0 spiro atoms. The molecule has 3 heteroatoms. The summed E-state index contributed by atoms with van der Waals surface area (Å²) in [6.07, 6.45) is 7.60. The molecule has 1 aliphatic rings. The smallest absolute Gasteiger partial charge is 0.0645 e. The number of aliphatic hydroxyl groups is 1. The predicted molar refractivity (Wildman–Crippen MR) is 92.8 cm³/mol. The zero-order valence-corrected chi connectivity index (χ0v) is 14.2. The van der Waals surface area contributed by atoms with Crippen LogP contribution in [-0.2, 0) is 6.42 Å². The van der Waals surface area contributed by atoms with E-state index in [-0.39, 0.29) is 11.5 Å². The van der Waals surface area contributed by atoms with Crippen molar-refractivity contribution in [1.29, 1.82) is 0 Å². The third-order valence-corrected chi connectivity index (χ3v) is 6.20. The van der Waals surface area contributed by atoms with Gasteiger partial charge >= 0.3 is 0 Å². The van der Waals surface area contributed by atoms with Crippen molar-refractivity contribution in [2.24, 2.45) is 5.41 Å². The van der Waals surface area contributed by atoms with Gasteiger partial charge < -0.3 is 10.8 Å². The number of nitrogen functional groups attached to an aromatic ring is 1. The number of hydrogen-bond donors (Lipinski definition) is 2. The Morgan fingerprint density at radius 2 is 1.90 bits per heavy atom. The molecule has 0 amide bonds. The monoisotopic (exact) mass is 307 g/mol. The zero-order valence-electron chi connectivity index (χ0n) is 13.4. The van der Waals surface area contributed by atoms with Gasteiger partial charge in [-0.3, -0.25) is 0 Å². The van der Waals surface area contributed by atoms with Gasteiger partial charge in [0.2, 0.25) is 0 Å². The van der Waals surface area contributed by atoms with Gasteiger partial charge in [-0.1, -0.05) is 39.5 Å². The summed E-state index contributed by atoms with van der Waals surface area (Å²) < 4.78 is 0. The van der Waals surface area contributed by atoms with Crippen LogP contribution in [0.5, 0.6) is 0 Å². The van der Waals surface area contributed by atoms with Gasteiger partial charge in [0.1, 0.15) is 0 Å². The van der Waals surface area contributed by atoms with Gasteiger partial charge in [0.25, 0.3) is 0 Å². The Morgan fingerprint density at radius 1 is 1.24 bits per heavy atom. The predicted octanol–water partition coefficient (Wildman–Crippen LogP) is 4.64. The van der Waals surface area contributed by atoms with E-state index < -0.39 is 0 Å². The standard InChI is InChI=1S/C18H29NOS/c1-3-5-9-18(10-6-4-2)13-21-16-8-7-15(19)11-14(16)12-17(18)20/h7-8,11,17,20H,3-6,9-10,12-13,19H2,1-2H3/t17-/m1/s1. The summed E-state index contributed by atoms with van der Waals surface area (Å²) in [5.41, 5.74) is 8.02. The molecule has 0 aliphatic carbocycles. The number of thioether (sulfide) groups is 1. The Morgan fingerprint density at radius 3 is 2.52 bits per heavy atom. The lowest BCUT2D eigenvalue weighted by atomic mass is 9.73. The number of benzene rings is 1. The van der Waals surface area contributed by atoms with E-state index in [9.17, 15) is 5.11 Å². The van der Waals surface area contributed by atoms with Crippen molar-refractivity contribution in [3.63, 3.8) is 0 Å². The van der Waals surface area contributed by atoms with E-state index in [0.717, 1.165) is 30.7 Å². The van der Waals surface area contributed by atoms with Crippen LogP contribution in [0.2, 0.25) is 0 Å². The molecule has 0 aromatic heterocycles. The molecule has 21 heavy (non-hydrogen) atoms. The SMILES string of the molecule is CCCCC1(CCCC)CSc2ccc(N)cc2C[C@H]1O. The van der Waals surface area contributed by atoms with E-state index in [0.29, 0.717) is 0 Å². The second-order valence-electron chi connectivity index (χ2n) is 6.45. The van der Waals surface area contributed by atoms with E-state index in [1.54, 1.807) is 0 Å². The first-order chi connectivity index (χ1) is 10.1. The molecule has 1 atom stereocenters. The summed E-state index contributed by atoms with van der Waals surface area (Å²) >= 11 is 1.91. The number of rotatable bonds is 6. The molecular weight excluding hydrogens is 278 g/mol. The van der Waals surface area contributed by atoms with Crippen molar-refractivity contribution in [3.05, 3.63) is 23.8 Å². The molecule has 0 bridgehead atoms. The summed E-state index contributed by atoms with van der Waals surface area (Å²) in [5.74, 6) is 1.03. The third kappa shape index (κ3) is 3.95. The highest BCUT2D eigenvalue weighted by Crippen LogP contribution is 2.45. The van der Waals surface area contributed by atoms with Crippen molar-refractivity contribution in [2.75, 3.05) is 11.5 Å². The molecule has 0 saturated carbocycles. The molecule has 0 radical (unpaired) electrons. The first-order valence-electron chi connectivity index (χ1n) is 8.30. The van der Waals surface area contributed by atoms with Crippen LogP contribution in [0.25, 0.3) is 0 Å². The molecule has 1 heterocycles. The fraction of sp³-hybridized carbons (Fsp3) is 0.667. The van der Waals surface area contributed by atoms with Gasteiger partial charge in [0.15, 0.2) is 0 Å². The van der Waals surface area contributed by atoms with Crippen LogP contribution in [0.15, 0.2) is 23.1 Å². The van der Waals surface area contributed by atoms with Gasteiger partial charge in [0, 0.05) is 28.2 Å². The summed E-state index contributed by atoms with van der Waals surface area (Å²) in [5, 5.41) is 10.9. The topological polar surface area (TPSA) is 46.2 Å². The highest BCUT2D eigenvalue weighted by atomic mass is 32.2. The highest BCUT2D eigenvalue weighted by molar-refractivity contribution is 7.99. The van der Waals surface area contributed by atoms with Crippen LogP contribution in [0, 0.1) is 5.41 Å². The lowest BCUT2D eigenvalue weighted by Gasteiger charge is -2.37. The minimum absolute atomic E-state index is 0.0739. The largest absolute Gasteiger partial charge is 0.399 e. The summed E-state index contributed by atoms with van der Waals surface area (Å²) in [7, 11) is 0. The van der Waals surface area contributed by atoms with E-state index in [4.69, 9.17) is 5.73 Å². The zero-order chi connectivity index (χ0) is 15.3. The number of aliphatic hydroxyl groups excluding tert-OH is 1. The number of hydrogen-bond acceptors (Lipinski definition) is 3. The van der Waals surface area contributed by atoms with Crippen LogP contribution in [0.4, 0.5) is 5.69 Å². The molecule has 0 fully saturated rings. The Balaban J connectivity index is 2.23. The van der Waals surface area contributed by atoms with Gasteiger partial charge in [-0.15, -0.1) is 11.8 Å². The Labute approximate surface area is 133 Å². The van der Waals surface area contributed by atoms with Gasteiger partial charge in [-0.25, -0.2) is 0 Å². The van der Waals surface area contributed by atoms with Crippen molar-refractivity contribution < 1.29 is 5.11 Å². The third-order valence-electron chi connectivity index (χ3n) is 4.78. The normalized spacial score (nSPS) is 20.8. The van der Waals surface area contributed by atoms with Gasteiger partial charge in [-0.05, 0) is 36.6 Å². The van der Waals surface area contributed by atoms with Crippen molar-refractivity contribution in [1.82, 2.24) is 0 Å². The van der Waals surface area contributed by atoms with Gasteiger partial charge in [0.05, 0.1) is 6.10 Å². The Hall–Kier alpha value is -0.670. The van der Waals surface area contributed by atoms with Crippen molar-refractivity contribution in [2.45, 2.75) is 69.8 Å². The minimum Gasteiger partial charge on any atom is -0.399 e. The summed E-state index contributed by atoms with van der Waals surface area (Å²) in [4.78, 5) is 1.30. The molecule has 3 N–H and O–H groups in total. The number of fused-ring (bicyclic) bond motifs is 1. The van der Waals surface area contributed by atoms with Crippen LogP contribution in [-0.4, -0.2) is 17.0 Å². The molecule has 118 valence electrons. The Bertz CT molecular complexity index is 453. The first kappa shape index (κ1) is 16.7. The lowest BCUT2D eigenvalue weighted by molar-refractivity contribution is 0.0259. The maximum Gasteiger partial charge on any atom is 0.0645 e. The van der Waals surface area contributed by atoms with Crippen LogP contribution < -0.4 is 5.73 Å². The second kappa shape index (κ2) is 7.55. The molecule has 0 unspecified atom stereocenters. The maximum absolute atomic E-state index is 10.9. The molecule has 0 saturated heterocycles. The number of unbranched alkanes of at least 4 members (excludes halogenated alkanes) is 2. The molecular formula is C18H29NOS. The van der Waals surface area contributed by atoms with Crippen molar-refractivity contribution in [3.8, 4) is 0 Å². The van der Waals surface area contributed by atoms with E-state index in [2.05, 4.69) is 19.9 Å². The lowest BCUT2D eigenvalue weighted by Crippen LogP contribution is -2.38. The fourth-order valence-corrected chi connectivity index (χ4v) is 4.72. The minimum atomic E-state index is -0.244. The van der Waals surface area contributed by atoms with Crippen LogP contribution >= 0.6 is 11.8 Å². The molecule has 1 aromatic carbocycles. The molecule has 2 nitrogen and oxygen atoms in total. The first-order valence-corrected chi connectivity index (χ1v) is 9.29. The maximum atomic E-state index is 10.9. The quantitative estimate of drug-likeness (QED) is 0.752. The average Bonchev–Trinajstić information content (AvgIpc) is 2.60. The summed E-state index contributed by atoms with van der Waals surface area (Å²) in [6.45, 7) is 4.47.